The Hall–Kier alpha value is -2.48. The number of aromatic nitrogens is 1. The van der Waals surface area contributed by atoms with Gasteiger partial charge in [-0.05, 0) is 36.3 Å². The number of nitrogens with one attached hydrogen (secondary N) is 2. The van der Waals surface area contributed by atoms with E-state index in [1.54, 1.807) is 11.3 Å². The summed E-state index contributed by atoms with van der Waals surface area (Å²) in [7, 11) is 0. The van der Waals surface area contributed by atoms with Crippen LogP contribution in [-0.2, 0) is 6.42 Å². The van der Waals surface area contributed by atoms with Gasteiger partial charge in [0.05, 0.1) is 16.5 Å². The van der Waals surface area contributed by atoms with Crippen LogP contribution < -0.4 is 10.9 Å². The van der Waals surface area contributed by atoms with Crippen molar-refractivity contribution in [1.29, 1.82) is 0 Å². The SMILES string of the molecule is O=C(N[C@@H]1CCCc2sccc21)c1c[nH]c(=O)c([N+](=O)[O-])c1. The van der Waals surface area contributed by atoms with E-state index in [0.29, 0.717) is 0 Å². The number of rotatable bonds is 3. The molecule has 3 rings (SSSR count). The second-order valence-electron chi connectivity index (χ2n) is 5.08. The van der Waals surface area contributed by atoms with Crippen LogP contribution >= 0.6 is 11.3 Å². The molecule has 0 aromatic carbocycles. The second kappa shape index (κ2) is 5.72. The third kappa shape index (κ3) is 2.64. The van der Waals surface area contributed by atoms with Gasteiger partial charge in [0.1, 0.15) is 0 Å². The summed E-state index contributed by atoms with van der Waals surface area (Å²) in [6.07, 6.45) is 4.04. The molecule has 0 radical (unpaired) electrons. The molecule has 8 heteroatoms. The summed E-state index contributed by atoms with van der Waals surface area (Å²) in [6.45, 7) is 0. The zero-order valence-electron chi connectivity index (χ0n) is 11.5. The molecule has 0 saturated carbocycles. The number of nitrogens with zero attached hydrogens (tertiary/aromatic N) is 1. The van der Waals surface area contributed by atoms with Crippen molar-refractivity contribution < 1.29 is 9.72 Å². The molecule has 1 amide bonds. The fourth-order valence-electron chi connectivity index (χ4n) is 2.62. The number of H-pyrrole nitrogens is 1. The minimum absolute atomic E-state index is 0.0775. The van der Waals surface area contributed by atoms with Crippen LogP contribution in [0, 0.1) is 10.1 Å². The Bertz CT molecular complexity index is 795. The molecule has 22 heavy (non-hydrogen) atoms. The summed E-state index contributed by atoms with van der Waals surface area (Å²) in [6, 6.07) is 2.92. The van der Waals surface area contributed by atoms with Crippen molar-refractivity contribution in [1.82, 2.24) is 10.3 Å². The topological polar surface area (TPSA) is 105 Å². The van der Waals surface area contributed by atoms with Crippen molar-refractivity contribution in [3.8, 4) is 0 Å². The molecular formula is C14H13N3O4S. The number of hydrogen-bond donors (Lipinski definition) is 2. The minimum atomic E-state index is -0.820. The summed E-state index contributed by atoms with van der Waals surface area (Å²) in [5.41, 5.74) is -0.260. The lowest BCUT2D eigenvalue weighted by Crippen LogP contribution is -2.31. The Balaban J connectivity index is 1.83. The molecule has 1 atom stereocenters. The number of fused-ring (bicyclic) bond motifs is 1. The summed E-state index contributed by atoms with van der Waals surface area (Å²) in [5, 5.41) is 15.7. The molecule has 0 unspecified atom stereocenters. The van der Waals surface area contributed by atoms with E-state index >= 15 is 0 Å². The number of hydrogen-bond acceptors (Lipinski definition) is 5. The van der Waals surface area contributed by atoms with Crippen LogP contribution in [0.15, 0.2) is 28.5 Å². The van der Waals surface area contributed by atoms with Crippen molar-refractivity contribution in [3.63, 3.8) is 0 Å². The summed E-state index contributed by atoms with van der Waals surface area (Å²) in [5.74, 6) is -0.427. The number of thiophene rings is 1. The van der Waals surface area contributed by atoms with Gasteiger partial charge in [-0.3, -0.25) is 19.7 Å². The van der Waals surface area contributed by atoms with Gasteiger partial charge in [0.15, 0.2) is 0 Å². The van der Waals surface area contributed by atoms with Gasteiger partial charge in [0, 0.05) is 17.1 Å². The highest BCUT2D eigenvalue weighted by atomic mass is 32.1. The average molecular weight is 319 g/mol. The molecule has 1 aliphatic carbocycles. The van der Waals surface area contributed by atoms with Crippen molar-refractivity contribution in [2.75, 3.05) is 0 Å². The normalized spacial score (nSPS) is 16.8. The van der Waals surface area contributed by atoms with Crippen LogP contribution in [0.5, 0.6) is 0 Å². The molecule has 1 aliphatic rings. The number of amides is 1. The van der Waals surface area contributed by atoms with Crippen LogP contribution in [0.1, 0.15) is 39.7 Å². The third-order valence-corrected chi connectivity index (χ3v) is 4.70. The molecule has 0 aliphatic heterocycles. The molecule has 0 fully saturated rings. The minimum Gasteiger partial charge on any atom is -0.345 e. The number of carbonyl (C=O) groups is 1. The lowest BCUT2D eigenvalue weighted by atomic mass is 9.94. The van der Waals surface area contributed by atoms with E-state index in [9.17, 15) is 19.7 Å². The van der Waals surface area contributed by atoms with Gasteiger partial charge < -0.3 is 10.3 Å². The van der Waals surface area contributed by atoms with E-state index in [1.807, 2.05) is 11.4 Å². The van der Waals surface area contributed by atoms with Gasteiger partial charge in [-0.25, -0.2) is 0 Å². The predicted molar refractivity (Wildman–Crippen MR) is 81.2 cm³/mol. The lowest BCUT2D eigenvalue weighted by molar-refractivity contribution is -0.386. The molecule has 2 heterocycles. The monoisotopic (exact) mass is 319 g/mol. The highest BCUT2D eigenvalue weighted by Crippen LogP contribution is 2.33. The van der Waals surface area contributed by atoms with Crippen molar-refractivity contribution in [2.24, 2.45) is 0 Å². The van der Waals surface area contributed by atoms with Crippen LogP contribution in [0.2, 0.25) is 0 Å². The first-order valence-electron chi connectivity index (χ1n) is 6.80. The van der Waals surface area contributed by atoms with E-state index in [2.05, 4.69) is 10.3 Å². The Kier molecular flexibility index (Phi) is 3.76. The van der Waals surface area contributed by atoms with Crippen LogP contribution in [0.4, 0.5) is 5.69 Å². The number of aromatic amines is 1. The van der Waals surface area contributed by atoms with E-state index in [4.69, 9.17) is 0 Å². The molecule has 0 bridgehead atoms. The van der Waals surface area contributed by atoms with Gasteiger partial charge in [0.25, 0.3) is 5.91 Å². The van der Waals surface area contributed by atoms with Crippen molar-refractivity contribution in [2.45, 2.75) is 25.3 Å². The first kappa shape index (κ1) is 14.5. The van der Waals surface area contributed by atoms with Gasteiger partial charge in [-0.15, -0.1) is 11.3 Å². The number of aryl methyl sites for hydroxylation is 1. The molecule has 114 valence electrons. The van der Waals surface area contributed by atoms with E-state index < -0.39 is 22.1 Å². The molecular weight excluding hydrogens is 306 g/mol. The largest absolute Gasteiger partial charge is 0.345 e. The van der Waals surface area contributed by atoms with Gasteiger partial charge in [-0.1, -0.05) is 0 Å². The van der Waals surface area contributed by atoms with Crippen LogP contribution in [0.3, 0.4) is 0 Å². The van der Waals surface area contributed by atoms with Crippen molar-refractivity contribution in [3.05, 3.63) is 60.2 Å². The Morgan fingerprint density at radius 3 is 3.09 bits per heavy atom. The smallest absolute Gasteiger partial charge is 0.334 e. The van der Waals surface area contributed by atoms with Crippen LogP contribution in [-0.4, -0.2) is 15.8 Å². The molecule has 2 N–H and O–H groups in total. The second-order valence-corrected chi connectivity index (χ2v) is 6.08. The van der Waals surface area contributed by atoms with E-state index in [1.165, 1.54) is 11.1 Å². The molecule has 7 nitrogen and oxygen atoms in total. The van der Waals surface area contributed by atoms with Gasteiger partial charge in [0.2, 0.25) is 0 Å². The van der Waals surface area contributed by atoms with Crippen molar-refractivity contribution >= 4 is 22.9 Å². The van der Waals surface area contributed by atoms with Gasteiger partial charge >= 0.3 is 11.2 Å². The lowest BCUT2D eigenvalue weighted by Gasteiger charge is -2.23. The zero-order valence-corrected chi connectivity index (χ0v) is 12.3. The standard InChI is InChI=1S/C14H13N3O4S/c18-13(8-6-11(17(20)21)14(19)15-7-8)16-10-2-1-3-12-9(10)4-5-22-12/h4-7,10H,1-3H2,(H,15,19)(H,16,18)/t10-/m1/s1. The number of pyridine rings is 1. The maximum atomic E-state index is 12.3. The molecule has 0 saturated heterocycles. The molecule has 0 spiro atoms. The first-order chi connectivity index (χ1) is 10.6. The molecule has 2 aromatic rings. The Morgan fingerprint density at radius 1 is 1.50 bits per heavy atom. The summed E-state index contributed by atoms with van der Waals surface area (Å²) < 4.78 is 0. The first-order valence-corrected chi connectivity index (χ1v) is 7.68. The molecule has 2 aromatic heterocycles. The van der Waals surface area contributed by atoms with Gasteiger partial charge in [-0.2, -0.15) is 0 Å². The Morgan fingerprint density at radius 2 is 2.32 bits per heavy atom. The average Bonchev–Trinajstić information content (AvgIpc) is 2.97. The number of carbonyl (C=O) groups excluding carboxylic acids is 1. The summed E-state index contributed by atoms with van der Waals surface area (Å²) >= 11 is 1.67. The summed E-state index contributed by atoms with van der Waals surface area (Å²) in [4.78, 5) is 37.1. The third-order valence-electron chi connectivity index (χ3n) is 3.70. The quantitative estimate of drug-likeness (QED) is 0.668. The highest BCUT2D eigenvalue weighted by Gasteiger charge is 2.24. The Labute approximate surface area is 129 Å². The predicted octanol–water partition coefficient (Wildman–Crippen LogP) is 2.15. The highest BCUT2D eigenvalue weighted by molar-refractivity contribution is 7.10. The fraction of sp³-hybridized carbons (Fsp3) is 0.286. The number of nitro groups is 1. The maximum absolute atomic E-state index is 12.3. The van der Waals surface area contributed by atoms with E-state index in [-0.39, 0.29) is 11.6 Å². The van der Waals surface area contributed by atoms with E-state index in [0.717, 1.165) is 30.9 Å². The zero-order chi connectivity index (χ0) is 15.7. The maximum Gasteiger partial charge on any atom is 0.334 e. The van der Waals surface area contributed by atoms with Crippen LogP contribution in [0.25, 0.3) is 0 Å². The fourth-order valence-corrected chi connectivity index (χ4v) is 3.60.